The molecule has 1 heterocycles. The van der Waals surface area contributed by atoms with Crippen LogP contribution in [0.4, 0.5) is 0 Å². The van der Waals surface area contributed by atoms with Crippen LogP contribution in [-0.4, -0.2) is 18.8 Å². The fraction of sp³-hybridized carbons (Fsp3) is 0.714. The van der Waals surface area contributed by atoms with E-state index in [0.717, 1.165) is 18.1 Å². The van der Waals surface area contributed by atoms with Crippen LogP contribution >= 0.6 is 11.6 Å². The average Bonchev–Trinajstić information content (AvgIpc) is 2.55. The molecule has 1 aromatic carbocycles. The maximum atomic E-state index is 6.11. The van der Waals surface area contributed by atoms with Crippen LogP contribution in [0.3, 0.4) is 0 Å². The van der Waals surface area contributed by atoms with E-state index < -0.39 is 0 Å². The van der Waals surface area contributed by atoms with E-state index in [0.29, 0.717) is 17.4 Å². The molecule has 1 saturated heterocycles. The van der Waals surface area contributed by atoms with E-state index in [1.165, 1.54) is 31.4 Å². The molecule has 0 amide bonds. The molecule has 0 aromatic heterocycles. The van der Waals surface area contributed by atoms with E-state index in [1.807, 2.05) is 12.1 Å². The summed E-state index contributed by atoms with van der Waals surface area (Å²) in [5.74, 6) is 0.700. The summed E-state index contributed by atoms with van der Waals surface area (Å²) in [4.78, 5) is 0. The number of nitrogens with two attached hydrogens (primary N) is 1. The monoisotopic (exact) mass is 352 g/mol. The van der Waals surface area contributed by atoms with Crippen molar-refractivity contribution in [3.8, 4) is 0 Å². The first-order chi connectivity index (χ1) is 11.3. The molecule has 2 N–H and O–H groups in total. The Hall–Kier alpha value is -0.570. The second-order valence-electron chi connectivity index (χ2n) is 8.21. The summed E-state index contributed by atoms with van der Waals surface area (Å²) in [6.07, 6.45) is 4.76. The Morgan fingerprint density at radius 3 is 2.46 bits per heavy atom. The first-order valence-electron chi connectivity index (χ1n) is 9.53. The van der Waals surface area contributed by atoms with E-state index in [4.69, 9.17) is 16.3 Å². The number of hydrogen-bond donors (Lipinski definition) is 1. The van der Waals surface area contributed by atoms with Crippen LogP contribution in [0.5, 0.6) is 0 Å². The summed E-state index contributed by atoms with van der Waals surface area (Å²) < 4.78 is 6.11. The van der Waals surface area contributed by atoms with Gasteiger partial charge in [-0.1, -0.05) is 44.5 Å². The first-order valence-corrected chi connectivity index (χ1v) is 9.91. The van der Waals surface area contributed by atoms with Crippen molar-refractivity contribution in [3.63, 3.8) is 0 Å². The Bertz CT molecular complexity index is 515. The summed E-state index contributed by atoms with van der Waals surface area (Å²) in [7, 11) is 0. The van der Waals surface area contributed by atoms with Gasteiger partial charge in [-0.3, -0.25) is 0 Å². The predicted molar refractivity (Wildman–Crippen MR) is 102 cm³/mol. The second-order valence-corrected chi connectivity index (χ2v) is 8.65. The normalized spacial score (nSPS) is 29.0. The molecule has 1 aromatic rings. The van der Waals surface area contributed by atoms with Gasteiger partial charge in [-0.25, -0.2) is 0 Å². The van der Waals surface area contributed by atoms with Gasteiger partial charge in [-0.05, 0) is 56.6 Å². The standard InChI is InChI=1S/C21H34ClNO/c1-6-20(5)15-21(16(2)3,12-14-24-20)11-13-23-17(4)18-7-9-19(22)10-8-18/h7-10,16-17,23H,6,11-15H2,1-5H3/p+1/t17-,20+,21+/m0/s1. The van der Waals surface area contributed by atoms with Crippen LogP contribution in [0, 0.1) is 11.3 Å². The minimum atomic E-state index is 0.0598. The van der Waals surface area contributed by atoms with Gasteiger partial charge in [0.25, 0.3) is 0 Å². The van der Waals surface area contributed by atoms with Gasteiger partial charge in [0.15, 0.2) is 0 Å². The lowest BCUT2D eigenvalue weighted by Crippen LogP contribution is -2.85. The maximum absolute atomic E-state index is 6.11. The Morgan fingerprint density at radius 2 is 1.88 bits per heavy atom. The quantitative estimate of drug-likeness (QED) is 0.736. The molecule has 3 atom stereocenters. The van der Waals surface area contributed by atoms with Crippen LogP contribution in [0.25, 0.3) is 0 Å². The van der Waals surface area contributed by atoms with Gasteiger partial charge >= 0.3 is 0 Å². The SMILES string of the molecule is CC[C@]1(C)C[C@](CC[NH2+][C@@H](C)c2ccc(Cl)cc2)(C(C)C)CCO1. The van der Waals surface area contributed by atoms with Crippen LogP contribution < -0.4 is 5.32 Å². The lowest BCUT2D eigenvalue weighted by molar-refractivity contribution is -0.694. The van der Waals surface area contributed by atoms with Gasteiger partial charge in [0, 0.05) is 23.6 Å². The van der Waals surface area contributed by atoms with Gasteiger partial charge in [-0.15, -0.1) is 0 Å². The minimum Gasteiger partial charge on any atom is -0.375 e. The molecule has 0 saturated carbocycles. The molecule has 24 heavy (non-hydrogen) atoms. The second kappa shape index (κ2) is 8.21. The van der Waals surface area contributed by atoms with Crippen molar-refractivity contribution in [2.24, 2.45) is 11.3 Å². The highest BCUT2D eigenvalue weighted by Crippen LogP contribution is 2.47. The zero-order chi connectivity index (χ0) is 17.8. The van der Waals surface area contributed by atoms with Gasteiger partial charge < -0.3 is 10.1 Å². The highest BCUT2D eigenvalue weighted by molar-refractivity contribution is 6.30. The third-order valence-corrected chi connectivity index (χ3v) is 6.56. The Morgan fingerprint density at radius 1 is 1.21 bits per heavy atom. The van der Waals surface area contributed by atoms with Gasteiger partial charge in [-0.2, -0.15) is 0 Å². The highest BCUT2D eigenvalue weighted by Gasteiger charge is 2.44. The molecule has 1 aliphatic heterocycles. The van der Waals surface area contributed by atoms with Crippen LogP contribution in [-0.2, 0) is 4.74 Å². The van der Waals surface area contributed by atoms with E-state index in [-0.39, 0.29) is 5.60 Å². The fourth-order valence-electron chi connectivity index (χ4n) is 4.13. The van der Waals surface area contributed by atoms with Crippen molar-refractivity contribution >= 4 is 11.6 Å². The molecule has 1 aliphatic rings. The van der Waals surface area contributed by atoms with Crippen molar-refractivity contribution in [1.29, 1.82) is 0 Å². The fourth-order valence-corrected chi connectivity index (χ4v) is 4.26. The molecule has 2 rings (SSSR count). The summed E-state index contributed by atoms with van der Waals surface area (Å²) >= 11 is 5.99. The van der Waals surface area contributed by atoms with Gasteiger partial charge in [0.1, 0.15) is 6.04 Å². The molecule has 0 aliphatic carbocycles. The van der Waals surface area contributed by atoms with Crippen molar-refractivity contribution in [2.75, 3.05) is 13.2 Å². The molecule has 2 nitrogen and oxygen atoms in total. The number of rotatable bonds is 7. The first kappa shape index (κ1) is 19.8. The highest BCUT2D eigenvalue weighted by atomic mass is 35.5. The summed E-state index contributed by atoms with van der Waals surface area (Å²) in [6, 6.07) is 8.74. The third kappa shape index (κ3) is 4.74. The summed E-state index contributed by atoms with van der Waals surface area (Å²) in [5.41, 5.74) is 1.83. The third-order valence-electron chi connectivity index (χ3n) is 6.31. The van der Waals surface area contributed by atoms with E-state index in [1.54, 1.807) is 0 Å². The van der Waals surface area contributed by atoms with Gasteiger partial charge in [0.2, 0.25) is 0 Å². The van der Waals surface area contributed by atoms with Gasteiger partial charge in [0.05, 0.1) is 12.1 Å². The van der Waals surface area contributed by atoms with E-state index in [2.05, 4.69) is 52.1 Å². The molecule has 3 heteroatoms. The molecule has 0 unspecified atom stereocenters. The lowest BCUT2D eigenvalue weighted by atomic mass is 9.64. The smallest absolute Gasteiger partial charge is 0.109 e. The molecule has 136 valence electrons. The molecular formula is C21H35ClNO+. The van der Waals surface area contributed by atoms with Crippen molar-refractivity contribution in [2.45, 2.75) is 71.9 Å². The van der Waals surface area contributed by atoms with E-state index >= 15 is 0 Å². The zero-order valence-corrected chi connectivity index (χ0v) is 16.8. The number of hydrogen-bond acceptors (Lipinski definition) is 1. The molecule has 0 bridgehead atoms. The van der Waals surface area contributed by atoms with E-state index in [9.17, 15) is 0 Å². The molecule has 0 spiro atoms. The lowest BCUT2D eigenvalue weighted by Gasteiger charge is -2.48. The minimum absolute atomic E-state index is 0.0598. The Labute approximate surface area is 153 Å². The van der Waals surface area contributed by atoms with Crippen LogP contribution in [0.2, 0.25) is 5.02 Å². The number of benzene rings is 1. The van der Waals surface area contributed by atoms with Crippen LogP contribution in [0.15, 0.2) is 24.3 Å². The van der Waals surface area contributed by atoms with Crippen molar-refractivity contribution in [3.05, 3.63) is 34.9 Å². The number of halogens is 1. The molecular weight excluding hydrogens is 318 g/mol. The number of ether oxygens (including phenoxy) is 1. The molecule has 1 fully saturated rings. The van der Waals surface area contributed by atoms with Crippen LogP contribution in [0.1, 0.15) is 71.9 Å². The largest absolute Gasteiger partial charge is 0.375 e. The Balaban J connectivity index is 1.95. The average molecular weight is 353 g/mol. The van der Waals surface area contributed by atoms with Crippen molar-refractivity contribution in [1.82, 2.24) is 0 Å². The molecule has 0 radical (unpaired) electrons. The topological polar surface area (TPSA) is 25.8 Å². The summed E-state index contributed by atoms with van der Waals surface area (Å²) in [5, 5.41) is 3.29. The maximum Gasteiger partial charge on any atom is 0.109 e. The Kier molecular flexibility index (Phi) is 6.75. The predicted octanol–water partition coefficient (Wildman–Crippen LogP) is 4.98. The van der Waals surface area contributed by atoms with Crippen molar-refractivity contribution < 1.29 is 10.1 Å². The number of quaternary nitrogens is 1. The summed E-state index contributed by atoms with van der Waals surface area (Å²) in [6.45, 7) is 13.7. The zero-order valence-electron chi connectivity index (χ0n) is 16.1.